The first-order valence-corrected chi connectivity index (χ1v) is 9.41. The number of hydrogen-bond donors (Lipinski definition) is 0. The lowest BCUT2D eigenvalue weighted by atomic mass is 10.4. The molecule has 0 spiro atoms. The molecule has 4 heterocycles. The molecule has 8 heteroatoms. The number of rotatable bonds is 4. The van der Waals surface area contributed by atoms with Crippen LogP contribution in [-0.4, -0.2) is 40.8 Å². The van der Waals surface area contributed by atoms with Crippen molar-refractivity contribution in [2.75, 3.05) is 31.2 Å². The van der Waals surface area contributed by atoms with Gasteiger partial charge < -0.3 is 14.2 Å². The van der Waals surface area contributed by atoms with E-state index in [0.29, 0.717) is 6.54 Å². The second-order valence-electron chi connectivity index (χ2n) is 5.20. The Morgan fingerprint density at radius 3 is 2.91 bits per heavy atom. The van der Waals surface area contributed by atoms with Crippen LogP contribution < -0.4 is 4.90 Å². The van der Waals surface area contributed by atoms with E-state index in [1.807, 2.05) is 24.5 Å². The fourth-order valence-electron chi connectivity index (χ4n) is 2.54. The number of morpholine rings is 1. The normalized spacial score (nSPS) is 15.3. The zero-order chi connectivity index (χ0) is 15.6. The maximum Gasteiger partial charge on any atom is 0.185 e. The lowest BCUT2D eigenvalue weighted by Gasteiger charge is -2.26. The zero-order valence-electron chi connectivity index (χ0n) is 12.3. The van der Waals surface area contributed by atoms with E-state index in [9.17, 15) is 0 Å². The summed E-state index contributed by atoms with van der Waals surface area (Å²) in [5.41, 5.74) is 1.05. The van der Waals surface area contributed by atoms with Crippen molar-refractivity contribution in [1.82, 2.24) is 14.5 Å². The summed E-state index contributed by atoms with van der Waals surface area (Å²) in [6, 6.07) is 3.91. The van der Waals surface area contributed by atoms with E-state index in [2.05, 4.69) is 19.8 Å². The third-order valence-electron chi connectivity index (χ3n) is 3.66. The molecule has 0 aliphatic carbocycles. The highest BCUT2D eigenvalue weighted by Gasteiger charge is 2.15. The molecule has 0 atom stereocenters. The van der Waals surface area contributed by atoms with Crippen LogP contribution in [0, 0.1) is 0 Å². The molecule has 5 nitrogen and oxygen atoms in total. The van der Waals surface area contributed by atoms with Crippen molar-refractivity contribution in [3.05, 3.63) is 39.9 Å². The Bertz CT molecular complexity index is 791. The van der Waals surface area contributed by atoms with Gasteiger partial charge in [0.2, 0.25) is 0 Å². The monoisotopic (exact) mass is 366 g/mol. The van der Waals surface area contributed by atoms with Crippen LogP contribution in [0.25, 0.3) is 10.7 Å². The standard InChI is InChI=1S/C15H15ClN4OS2/c16-13-2-1-12(23-13)14-17-3-4-20(14)9-11-10-22-15(18-11)19-5-7-21-8-6-19/h1-4,10H,5-9H2. The van der Waals surface area contributed by atoms with E-state index in [0.717, 1.165) is 52.2 Å². The fraction of sp³-hybridized carbons (Fsp3) is 0.333. The average Bonchev–Trinajstić information content (AvgIpc) is 3.29. The molecule has 1 fully saturated rings. The van der Waals surface area contributed by atoms with E-state index in [-0.39, 0.29) is 0 Å². The lowest BCUT2D eigenvalue weighted by Crippen LogP contribution is -2.36. The van der Waals surface area contributed by atoms with Crippen LogP contribution >= 0.6 is 34.3 Å². The number of nitrogens with zero attached hydrogens (tertiary/aromatic N) is 4. The van der Waals surface area contributed by atoms with Crippen LogP contribution in [0.5, 0.6) is 0 Å². The Balaban J connectivity index is 1.53. The number of anilines is 1. The summed E-state index contributed by atoms with van der Waals surface area (Å²) in [5, 5.41) is 3.19. The Morgan fingerprint density at radius 1 is 1.26 bits per heavy atom. The maximum atomic E-state index is 6.03. The quantitative estimate of drug-likeness (QED) is 0.707. The van der Waals surface area contributed by atoms with Gasteiger partial charge in [0.05, 0.1) is 34.7 Å². The Labute approximate surface area is 147 Å². The van der Waals surface area contributed by atoms with E-state index < -0.39 is 0 Å². The molecule has 1 saturated heterocycles. The van der Waals surface area contributed by atoms with Gasteiger partial charge in [0.15, 0.2) is 5.13 Å². The van der Waals surface area contributed by atoms with Crippen molar-refractivity contribution in [2.45, 2.75) is 6.54 Å². The summed E-state index contributed by atoms with van der Waals surface area (Å²) in [7, 11) is 0. The molecule has 0 saturated carbocycles. The van der Waals surface area contributed by atoms with Crippen molar-refractivity contribution in [3.63, 3.8) is 0 Å². The maximum absolute atomic E-state index is 6.03. The highest BCUT2D eigenvalue weighted by atomic mass is 35.5. The number of imidazole rings is 1. The number of thiophene rings is 1. The molecule has 120 valence electrons. The van der Waals surface area contributed by atoms with Crippen molar-refractivity contribution in [1.29, 1.82) is 0 Å². The Morgan fingerprint density at radius 2 is 2.13 bits per heavy atom. The van der Waals surface area contributed by atoms with E-state index in [1.54, 1.807) is 22.7 Å². The number of halogens is 1. The molecule has 0 aromatic carbocycles. The summed E-state index contributed by atoms with van der Waals surface area (Å²) in [4.78, 5) is 12.6. The second kappa shape index (κ2) is 6.60. The molecular weight excluding hydrogens is 352 g/mol. The molecule has 0 radical (unpaired) electrons. The van der Waals surface area contributed by atoms with Crippen LogP contribution in [0.15, 0.2) is 29.9 Å². The van der Waals surface area contributed by atoms with Gasteiger partial charge in [-0.25, -0.2) is 9.97 Å². The first kappa shape index (κ1) is 15.1. The van der Waals surface area contributed by atoms with Gasteiger partial charge in [0.25, 0.3) is 0 Å². The van der Waals surface area contributed by atoms with Gasteiger partial charge in [-0.2, -0.15) is 0 Å². The number of thiazole rings is 1. The number of aromatic nitrogens is 3. The lowest BCUT2D eigenvalue weighted by molar-refractivity contribution is 0.122. The van der Waals surface area contributed by atoms with Gasteiger partial charge in [-0.05, 0) is 12.1 Å². The van der Waals surface area contributed by atoms with Crippen molar-refractivity contribution < 1.29 is 4.74 Å². The fourth-order valence-corrected chi connectivity index (χ4v) is 4.47. The van der Waals surface area contributed by atoms with Gasteiger partial charge in [0.1, 0.15) is 5.82 Å². The Hall–Kier alpha value is -1.41. The summed E-state index contributed by atoms with van der Waals surface area (Å²) < 4.78 is 8.28. The minimum atomic E-state index is 0.714. The molecule has 0 unspecified atom stereocenters. The summed E-state index contributed by atoms with van der Waals surface area (Å²) in [5.74, 6) is 0.933. The van der Waals surface area contributed by atoms with Crippen LogP contribution in [-0.2, 0) is 11.3 Å². The molecule has 0 bridgehead atoms. The summed E-state index contributed by atoms with van der Waals surface area (Å²) >= 11 is 9.27. The number of ether oxygens (including phenoxy) is 1. The molecular formula is C15H15ClN4OS2. The molecule has 3 aromatic rings. The first-order chi connectivity index (χ1) is 11.3. The van der Waals surface area contributed by atoms with E-state index >= 15 is 0 Å². The molecule has 23 heavy (non-hydrogen) atoms. The van der Waals surface area contributed by atoms with Gasteiger partial charge in [-0.1, -0.05) is 11.6 Å². The topological polar surface area (TPSA) is 43.2 Å². The number of hydrogen-bond acceptors (Lipinski definition) is 6. The van der Waals surface area contributed by atoms with Crippen molar-refractivity contribution in [2.24, 2.45) is 0 Å². The average molecular weight is 367 g/mol. The molecule has 4 rings (SSSR count). The van der Waals surface area contributed by atoms with Gasteiger partial charge >= 0.3 is 0 Å². The zero-order valence-corrected chi connectivity index (χ0v) is 14.7. The highest BCUT2D eigenvalue weighted by molar-refractivity contribution is 7.19. The summed E-state index contributed by atoms with van der Waals surface area (Å²) in [6.45, 7) is 4.10. The van der Waals surface area contributed by atoms with Gasteiger partial charge in [-0.15, -0.1) is 22.7 Å². The van der Waals surface area contributed by atoms with Crippen LogP contribution in [0.3, 0.4) is 0 Å². The largest absolute Gasteiger partial charge is 0.378 e. The highest BCUT2D eigenvalue weighted by Crippen LogP contribution is 2.30. The van der Waals surface area contributed by atoms with Gasteiger partial charge in [0, 0.05) is 30.9 Å². The first-order valence-electron chi connectivity index (χ1n) is 7.33. The van der Waals surface area contributed by atoms with Crippen molar-refractivity contribution in [3.8, 4) is 10.7 Å². The predicted molar refractivity (Wildman–Crippen MR) is 94.8 cm³/mol. The molecule has 3 aromatic heterocycles. The molecule has 0 N–H and O–H groups in total. The molecule has 0 amide bonds. The SMILES string of the molecule is Clc1ccc(-c2nccn2Cc2csc(N3CCOCC3)n2)s1. The minimum absolute atomic E-state index is 0.714. The smallest absolute Gasteiger partial charge is 0.185 e. The van der Waals surface area contributed by atoms with Crippen LogP contribution in [0.1, 0.15) is 5.69 Å². The molecule has 1 aliphatic rings. The van der Waals surface area contributed by atoms with Gasteiger partial charge in [-0.3, -0.25) is 0 Å². The summed E-state index contributed by atoms with van der Waals surface area (Å²) in [6.07, 6.45) is 3.80. The second-order valence-corrected chi connectivity index (χ2v) is 7.75. The van der Waals surface area contributed by atoms with Crippen molar-refractivity contribution >= 4 is 39.4 Å². The van der Waals surface area contributed by atoms with E-state index in [1.165, 1.54) is 0 Å². The van der Waals surface area contributed by atoms with E-state index in [4.69, 9.17) is 21.3 Å². The predicted octanol–water partition coefficient (Wildman–Crippen LogP) is 3.61. The van der Waals surface area contributed by atoms with Crippen LogP contribution in [0.4, 0.5) is 5.13 Å². The molecule has 1 aliphatic heterocycles. The third kappa shape index (κ3) is 3.28. The third-order valence-corrected chi connectivity index (χ3v) is 5.84. The minimum Gasteiger partial charge on any atom is -0.378 e. The Kier molecular flexibility index (Phi) is 4.35. The van der Waals surface area contributed by atoms with Crippen LogP contribution in [0.2, 0.25) is 4.34 Å².